The molecule has 0 saturated heterocycles. The molecule has 3 N–H and O–H groups in total. The van der Waals surface area contributed by atoms with E-state index < -0.39 is 6.04 Å². The number of pyridine rings is 1. The average Bonchev–Trinajstić information content (AvgIpc) is 2.28. The van der Waals surface area contributed by atoms with E-state index in [1.54, 1.807) is 12.3 Å². The van der Waals surface area contributed by atoms with Gasteiger partial charge in [-0.1, -0.05) is 13.8 Å². The van der Waals surface area contributed by atoms with Crippen LogP contribution in [0.3, 0.4) is 0 Å². The maximum atomic E-state index is 11.8. The maximum Gasteiger partial charge on any atom is 0.242 e. The van der Waals surface area contributed by atoms with Gasteiger partial charge >= 0.3 is 0 Å². The van der Waals surface area contributed by atoms with Crippen LogP contribution in [0.2, 0.25) is 0 Å². The predicted octanol–water partition coefficient (Wildman–Crippen LogP) is 2.30. The summed E-state index contributed by atoms with van der Waals surface area (Å²) in [5, 5.41) is 2.72. The smallest absolute Gasteiger partial charge is 0.242 e. The van der Waals surface area contributed by atoms with Crippen LogP contribution in [0.15, 0.2) is 18.3 Å². The number of rotatable bonds is 5. The summed E-state index contributed by atoms with van der Waals surface area (Å²) in [6.07, 6.45) is 2.38. The molecule has 1 aromatic rings. The van der Waals surface area contributed by atoms with E-state index in [9.17, 15) is 4.79 Å². The molecule has 1 rings (SSSR count). The SMILES string of the molecule is CC(C)C[C@H](N)C(=O)Nc1ccc(N(C)C)cn1.Cl.Cl. The molecule has 0 aliphatic carbocycles. The number of aromatic nitrogens is 1. The molecular weight excluding hydrogens is 299 g/mol. The monoisotopic (exact) mass is 322 g/mol. The Morgan fingerprint density at radius 1 is 1.35 bits per heavy atom. The van der Waals surface area contributed by atoms with E-state index in [0.717, 1.165) is 5.69 Å². The predicted molar refractivity (Wildman–Crippen MR) is 89.1 cm³/mol. The molecule has 0 fully saturated rings. The lowest BCUT2D eigenvalue weighted by molar-refractivity contribution is -0.117. The molecule has 1 heterocycles. The molecule has 0 aliphatic rings. The molecule has 0 radical (unpaired) electrons. The Morgan fingerprint density at radius 2 is 1.95 bits per heavy atom. The minimum absolute atomic E-state index is 0. The Bertz CT molecular complexity index is 396. The van der Waals surface area contributed by atoms with Gasteiger partial charge in [-0.05, 0) is 24.5 Å². The standard InChI is InChI=1S/C13H22N4O.2ClH/c1-9(2)7-11(14)13(18)16-12-6-5-10(8-15-12)17(3)4;;/h5-6,8-9,11H,7,14H2,1-4H3,(H,15,16,18);2*1H/t11-;;/m0../s1. The van der Waals surface area contributed by atoms with Crippen LogP contribution < -0.4 is 16.0 Å². The summed E-state index contributed by atoms with van der Waals surface area (Å²) >= 11 is 0. The van der Waals surface area contributed by atoms with Crippen molar-refractivity contribution in [3.8, 4) is 0 Å². The van der Waals surface area contributed by atoms with E-state index >= 15 is 0 Å². The van der Waals surface area contributed by atoms with Crippen molar-refractivity contribution in [3.63, 3.8) is 0 Å². The van der Waals surface area contributed by atoms with Crippen molar-refractivity contribution in [2.75, 3.05) is 24.3 Å². The van der Waals surface area contributed by atoms with Crippen LogP contribution in [-0.4, -0.2) is 31.0 Å². The first-order chi connectivity index (χ1) is 8.40. The van der Waals surface area contributed by atoms with Crippen LogP contribution in [-0.2, 0) is 4.79 Å². The van der Waals surface area contributed by atoms with E-state index in [1.165, 1.54) is 0 Å². The third-order valence-electron chi connectivity index (χ3n) is 2.58. The summed E-state index contributed by atoms with van der Waals surface area (Å²) in [6.45, 7) is 4.08. The molecule has 7 heteroatoms. The summed E-state index contributed by atoms with van der Waals surface area (Å²) in [7, 11) is 3.88. The van der Waals surface area contributed by atoms with Crippen LogP contribution in [0.4, 0.5) is 11.5 Å². The second kappa shape index (κ2) is 9.80. The number of anilines is 2. The fraction of sp³-hybridized carbons (Fsp3) is 0.538. The van der Waals surface area contributed by atoms with Crippen LogP contribution in [0, 0.1) is 5.92 Å². The van der Waals surface area contributed by atoms with Crippen molar-refractivity contribution >= 4 is 42.2 Å². The molecule has 1 aromatic heterocycles. The zero-order valence-corrected chi connectivity index (χ0v) is 13.9. The highest BCUT2D eigenvalue weighted by Gasteiger charge is 2.15. The fourth-order valence-corrected chi connectivity index (χ4v) is 1.56. The summed E-state index contributed by atoms with van der Waals surface area (Å²) < 4.78 is 0. The van der Waals surface area contributed by atoms with Gasteiger partial charge in [-0.2, -0.15) is 0 Å². The fourth-order valence-electron chi connectivity index (χ4n) is 1.56. The first-order valence-electron chi connectivity index (χ1n) is 6.10. The van der Waals surface area contributed by atoms with Gasteiger partial charge in [0.25, 0.3) is 0 Å². The Hall–Kier alpha value is -1.04. The van der Waals surface area contributed by atoms with Gasteiger partial charge in [0.2, 0.25) is 5.91 Å². The van der Waals surface area contributed by atoms with Crippen LogP contribution in [0.1, 0.15) is 20.3 Å². The number of hydrogen-bond acceptors (Lipinski definition) is 4. The lowest BCUT2D eigenvalue weighted by Crippen LogP contribution is -2.36. The molecular formula is C13H24Cl2N4O. The highest BCUT2D eigenvalue weighted by molar-refractivity contribution is 5.93. The van der Waals surface area contributed by atoms with Crippen molar-refractivity contribution in [3.05, 3.63) is 18.3 Å². The highest BCUT2D eigenvalue weighted by Crippen LogP contribution is 2.12. The zero-order chi connectivity index (χ0) is 13.7. The first-order valence-corrected chi connectivity index (χ1v) is 6.10. The number of carbonyl (C=O) groups is 1. The summed E-state index contributed by atoms with van der Waals surface area (Å²) in [4.78, 5) is 17.9. The maximum absolute atomic E-state index is 11.8. The Kier molecular flexibility index (Phi) is 10.4. The number of carbonyl (C=O) groups excluding carboxylic acids is 1. The van der Waals surface area contributed by atoms with Crippen LogP contribution >= 0.6 is 24.8 Å². The number of hydrogen-bond donors (Lipinski definition) is 2. The van der Waals surface area contributed by atoms with E-state index in [1.807, 2.05) is 38.9 Å². The Balaban J connectivity index is 0. The van der Waals surface area contributed by atoms with Crippen molar-refractivity contribution in [2.24, 2.45) is 11.7 Å². The third-order valence-corrected chi connectivity index (χ3v) is 2.58. The number of nitrogens with one attached hydrogen (secondary N) is 1. The molecule has 0 aromatic carbocycles. The van der Waals surface area contributed by atoms with Gasteiger partial charge in [-0.25, -0.2) is 4.98 Å². The minimum Gasteiger partial charge on any atom is -0.376 e. The van der Waals surface area contributed by atoms with Crippen molar-refractivity contribution in [2.45, 2.75) is 26.3 Å². The zero-order valence-electron chi connectivity index (χ0n) is 12.3. The summed E-state index contributed by atoms with van der Waals surface area (Å²) in [5.74, 6) is 0.744. The van der Waals surface area contributed by atoms with Gasteiger partial charge < -0.3 is 16.0 Å². The minimum atomic E-state index is -0.486. The van der Waals surface area contributed by atoms with E-state index in [0.29, 0.717) is 18.2 Å². The van der Waals surface area contributed by atoms with Gasteiger partial charge in [-0.3, -0.25) is 4.79 Å². The molecule has 0 aliphatic heterocycles. The molecule has 0 unspecified atom stereocenters. The van der Waals surface area contributed by atoms with Gasteiger partial charge in [0, 0.05) is 14.1 Å². The van der Waals surface area contributed by atoms with E-state index in [2.05, 4.69) is 10.3 Å². The molecule has 1 amide bonds. The average molecular weight is 323 g/mol. The van der Waals surface area contributed by atoms with E-state index in [-0.39, 0.29) is 30.7 Å². The number of nitrogens with two attached hydrogens (primary N) is 1. The number of nitrogens with zero attached hydrogens (tertiary/aromatic N) is 2. The molecule has 20 heavy (non-hydrogen) atoms. The van der Waals surface area contributed by atoms with Crippen molar-refractivity contribution < 1.29 is 4.79 Å². The lowest BCUT2D eigenvalue weighted by atomic mass is 10.0. The Morgan fingerprint density at radius 3 is 2.35 bits per heavy atom. The van der Waals surface area contributed by atoms with Gasteiger partial charge in [0.1, 0.15) is 5.82 Å². The molecule has 5 nitrogen and oxygen atoms in total. The lowest BCUT2D eigenvalue weighted by Gasteiger charge is -2.15. The molecule has 0 saturated carbocycles. The Labute approximate surface area is 133 Å². The molecule has 0 spiro atoms. The molecule has 0 bridgehead atoms. The van der Waals surface area contributed by atoms with Crippen LogP contribution in [0.25, 0.3) is 0 Å². The molecule has 1 atom stereocenters. The second-order valence-corrected chi connectivity index (χ2v) is 5.02. The van der Waals surface area contributed by atoms with Crippen molar-refractivity contribution in [1.29, 1.82) is 0 Å². The number of halogens is 2. The quantitative estimate of drug-likeness (QED) is 0.872. The number of amides is 1. The van der Waals surface area contributed by atoms with E-state index in [4.69, 9.17) is 5.73 Å². The van der Waals surface area contributed by atoms with Gasteiger partial charge in [-0.15, -0.1) is 24.8 Å². The second-order valence-electron chi connectivity index (χ2n) is 5.02. The normalized spacial score (nSPS) is 11.1. The van der Waals surface area contributed by atoms with Crippen molar-refractivity contribution in [1.82, 2.24) is 4.98 Å². The van der Waals surface area contributed by atoms with Crippen LogP contribution in [0.5, 0.6) is 0 Å². The topological polar surface area (TPSA) is 71.2 Å². The summed E-state index contributed by atoms with van der Waals surface area (Å²) in [5.41, 5.74) is 6.78. The molecule has 116 valence electrons. The highest BCUT2D eigenvalue weighted by atomic mass is 35.5. The third kappa shape index (κ3) is 6.93. The first kappa shape index (κ1) is 21.3. The summed E-state index contributed by atoms with van der Waals surface area (Å²) in [6, 6.07) is 3.19. The van der Waals surface area contributed by atoms with Gasteiger partial charge in [0.05, 0.1) is 17.9 Å². The van der Waals surface area contributed by atoms with Gasteiger partial charge in [0.15, 0.2) is 0 Å². The largest absolute Gasteiger partial charge is 0.376 e.